The van der Waals surface area contributed by atoms with Crippen LogP contribution < -0.4 is 0 Å². The van der Waals surface area contributed by atoms with Gasteiger partial charge in [0.1, 0.15) is 0 Å². The summed E-state index contributed by atoms with van der Waals surface area (Å²) in [6, 6.07) is 25.1. The summed E-state index contributed by atoms with van der Waals surface area (Å²) in [6.07, 6.45) is 0. The lowest BCUT2D eigenvalue weighted by Gasteiger charge is -1.91. The minimum Gasteiger partial charge on any atom is -0.143 e. The Bertz CT molecular complexity index is 1260. The SMILES string of the molecule is C(#Cc1ccc(-c2cccs2)s1)c1ccc(C#Cc2ccc(-c3cccs3)s2)cc1. The van der Waals surface area contributed by atoms with Crippen LogP contribution in [0.2, 0.25) is 0 Å². The van der Waals surface area contributed by atoms with Crippen LogP contribution in [0.5, 0.6) is 0 Å². The normalized spacial score (nSPS) is 10.1. The molecule has 1 aromatic carbocycles. The third-order valence-electron chi connectivity index (χ3n) is 4.29. The summed E-state index contributed by atoms with van der Waals surface area (Å²) in [7, 11) is 0. The summed E-state index contributed by atoms with van der Waals surface area (Å²) >= 11 is 6.99. The van der Waals surface area contributed by atoms with Crippen molar-refractivity contribution in [2.75, 3.05) is 0 Å². The Hall–Kier alpha value is -2.86. The van der Waals surface area contributed by atoms with Crippen molar-refractivity contribution in [3.8, 4) is 43.2 Å². The third-order valence-corrected chi connectivity index (χ3v) is 8.42. The Kier molecular flexibility index (Phi) is 5.66. The molecule has 0 bridgehead atoms. The van der Waals surface area contributed by atoms with Crippen LogP contribution in [0.1, 0.15) is 20.9 Å². The lowest BCUT2D eigenvalue weighted by atomic mass is 10.1. The predicted molar refractivity (Wildman–Crippen MR) is 134 cm³/mol. The molecule has 0 aliphatic heterocycles. The smallest absolute Gasteiger partial charge is 0.0779 e. The zero-order valence-electron chi connectivity index (χ0n) is 15.7. The Morgan fingerprint density at radius 1 is 0.433 bits per heavy atom. The molecule has 4 heterocycles. The Morgan fingerprint density at radius 2 is 0.900 bits per heavy atom. The van der Waals surface area contributed by atoms with E-state index in [-0.39, 0.29) is 0 Å². The summed E-state index contributed by atoms with van der Waals surface area (Å²) in [5.74, 6) is 13.1. The number of benzene rings is 1. The summed E-state index contributed by atoms with van der Waals surface area (Å²) < 4.78 is 0. The lowest BCUT2D eigenvalue weighted by molar-refractivity contribution is 1.60. The van der Waals surface area contributed by atoms with Crippen LogP contribution in [-0.4, -0.2) is 0 Å². The molecule has 4 aromatic heterocycles. The first kappa shape index (κ1) is 19.1. The fraction of sp³-hybridized carbons (Fsp3) is 0. The second-order valence-electron chi connectivity index (χ2n) is 6.36. The Balaban J connectivity index is 1.27. The lowest BCUT2D eigenvalue weighted by Crippen LogP contribution is -1.77. The molecule has 0 amide bonds. The molecule has 5 aromatic rings. The summed E-state index contributed by atoms with van der Waals surface area (Å²) in [4.78, 5) is 7.31. The maximum Gasteiger partial charge on any atom is 0.0779 e. The molecule has 0 aliphatic rings. The van der Waals surface area contributed by atoms with E-state index in [9.17, 15) is 0 Å². The van der Waals surface area contributed by atoms with E-state index in [2.05, 4.69) is 83.0 Å². The first-order valence-electron chi connectivity index (χ1n) is 9.25. The second-order valence-corrected chi connectivity index (χ2v) is 10.4. The van der Waals surface area contributed by atoms with Gasteiger partial charge in [-0.15, -0.1) is 45.3 Å². The zero-order valence-corrected chi connectivity index (χ0v) is 19.0. The van der Waals surface area contributed by atoms with Gasteiger partial charge in [-0.3, -0.25) is 0 Å². The van der Waals surface area contributed by atoms with E-state index < -0.39 is 0 Å². The standard InChI is InChI=1S/C26H14S4/c1-3-23(27-17-1)25-15-13-21(29-25)11-9-19-5-7-20(8-6-19)10-12-22-14-16-26(30-22)24-4-2-18-28-24/h1-8,13-18H. The van der Waals surface area contributed by atoms with E-state index in [1.165, 1.54) is 19.5 Å². The average molecular weight is 455 g/mol. The largest absolute Gasteiger partial charge is 0.143 e. The van der Waals surface area contributed by atoms with E-state index in [0.717, 1.165) is 20.9 Å². The number of hydrogen-bond acceptors (Lipinski definition) is 4. The van der Waals surface area contributed by atoms with Crippen LogP contribution in [0, 0.1) is 23.7 Å². The molecule has 142 valence electrons. The highest BCUT2D eigenvalue weighted by Gasteiger charge is 2.02. The van der Waals surface area contributed by atoms with Gasteiger partial charge in [-0.1, -0.05) is 35.8 Å². The fourth-order valence-corrected chi connectivity index (χ4v) is 6.21. The summed E-state index contributed by atoms with van der Waals surface area (Å²) in [5.41, 5.74) is 2.01. The molecular weight excluding hydrogens is 441 g/mol. The van der Waals surface area contributed by atoms with Crippen LogP contribution in [0.4, 0.5) is 0 Å². The second kappa shape index (κ2) is 8.88. The monoisotopic (exact) mass is 454 g/mol. The Labute approximate surface area is 192 Å². The Morgan fingerprint density at radius 3 is 1.30 bits per heavy atom. The minimum atomic E-state index is 1.00. The van der Waals surface area contributed by atoms with Gasteiger partial charge in [0, 0.05) is 30.6 Å². The molecule has 0 unspecified atom stereocenters. The first-order chi connectivity index (χ1) is 14.8. The highest BCUT2D eigenvalue weighted by Crippen LogP contribution is 2.32. The molecule has 5 rings (SSSR count). The fourth-order valence-electron chi connectivity index (χ4n) is 2.82. The van der Waals surface area contributed by atoms with Crippen molar-refractivity contribution >= 4 is 45.3 Å². The number of thiophene rings is 4. The van der Waals surface area contributed by atoms with Crippen molar-refractivity contribution in [2.24, 2.45) is 0 Å². The van der Waals surface area contributed by atoms with Crippen molar-refractivity contribution in [3.63, 3.8) is 0 Å². The number of rotatable bonds is 2. The van der Waals surface area contributed by atoms with Gasteiger partial charge < -0.3 is 0 Å². The minimum absolute atomic E-state index is 1.00. The van der Waals surface area contributed by atoms with Gasteiger partial charge in [-0.25, -0.2) is 0 Å². The maximum atomic E-state index is 3.28. The quantitative estimate of drug-likeness (QED) is 0.237. The van der Waals surface area contributed by atoms with Crippen molar-refractivity contribution < 1.29 is 0 Å². The summed E-state index contributed by atoms with van der Waals surface area (Å²) in [6.45, 7) is 0. The first-order valence-corrected chi connectivity index (χ1v) is 12.6. The van der Waals surface area contributed by atoms with Crippen LogP contribution in [0.3, 0.4) is 0 Å². The molecule has 0 spiro atoms. The maximum absolute atomic E-state index is 3.28. The molecule has 0 atom stereocenters. The van der Waals surface area contributed by atoms with Crippen molar-refractivity contribution in [1.82, 2.24) is 0 Å². The van der Waals surface area contributed by atoms with Crippen LogP contribution >= 0.6 is 45.3 Å². The molecule has 0 fully saturated rings. The van der Waals surface area contributed by atoms with Gasteiger partial charge in [0.25, 0.3) is 0 Å². The highest BCUT2D eigenvalue weighted by molar-refractivity contribution is 7.22. The molecule has 0 aliphatic carbocycles. The van der Waals surface area contributed by atoms with E-state index in [1.54, 1.807) is 45.3 Å². The van der Waals surface area contributed by atoms with Crippen molar-refractivity contribution in [3.05, 3.63) is 104 Å². The van der Waals surface area contributed by atoms with Crippen LogP contribution in [0.15, 0.2) is 83.6 Å². The van der Waals surface area contributed by atoms with Gasteiger partial charge in [-0.05, 0) is 71.4 Å². The van der Waals surface area contributed by atoms with E-state index in [1.807, 2.05) is 24.3 Å². The van der Waals surface area contributed by atoms with E-state index in [0.29, 0.717) is 0 Å². The highest BCUT2D eigenvalue weighted by atomic mass is 32.1. The van der Waals surface area contributed by atoms with Gasteiger partial charge in [0.15, 0.2) is 0 Å². The van der Waals surface area contributed by atoms with Crippen LogP contribution in [0.25, 0.3) is 19.5 Å². The molecule has 0 nitrogen and oxygen atoms in total. The molecule has 0 saturated carbocycles. The zero-order chi connectivity index (χ0) is 20.2. The molecule has 4 heteroatoms. The molecule has 0 N–H and O–H groups in total. The van der Waals surface area contributed by atoms with Crippen LogP contribution in [-0.2, 0) is 0 Å². The summed E-state index contributed by atoms with van der Waals surface area (Å²) in [5, 5.41) is 4.21. The van der Waals surface area contributed by atoms with Crippen molar-refractivity contribution in [1.29, 1.82) is 0 Å². The molecule has 0 saturated heterocycles. The van der Waals surface area contributed by atoms with Gasteiger partial charge in [-0.2, -0.15) is 0 Å². The molecule has 0 radical (unpaired) electrons. The third kappa shape index (κ3) is 4.49. The number of hydrogen-bond donors (Lipinski definition) is 0. The van der Waals surface area contributed by atoms with Gasteiger partial charge in [0.2, 0.25) is 0 Å². The van der Waals surface area contributed by atoms with Gasteiger partial charge >= 0.3 is 0 Å². The van der Waals surface area contributed by atoms with E-state index >= 15 is 0 Å². The predicted octanol–water partition coefficient (Wildman–Crippen LogP) is 8.07. The topological polar surface area (TPSA) is 0 Å². The molecular formula is C26H14S4. The van der Waals surface area contributed by atoms with E-state index in [4.69, 9.17) is 0 Å². The van der Waals surface area contributed by atoms with Crippen molar-refractivity contribution in [2.45, 2.75) is 0 Å². The molecule has 30 heavy (non-hydrogen) atoms. The van der Waals surface area contributed by atoms with Gasteiger partial charge in [0.05, 0.1) is 9.75 Å². The average Bonchev–Trinajstić information content (AvgIpc) is 3.57.